The Morgan fingerprint density at radius 1 is 1.33 bits per heavy atom. The Morgan fingerprint density at radius 2 is 1.92 bits per heavy atom. The monoisotopic (exact) mass is 169 g/mol. The molecule has 0 aromatic heterocycles. The fourth-order valence-corrected chi connectivity index (χ4v) is 2.31. The summed E-state index contributed by atoms with van der Waals surface area (Å²) in [7, 11) is 0. The van der Waals surface area contributed by atoms with Crippen molar-refractivity contribution in [3.05, 3.63) is 0 Å². The summed E-state index contributed by atoms with van der Waals surface area (Å²) < 4.78 is 0. The molecule has 1 aliphatic heterocycles. The highest BCUT2D eigenvalue weighted by atomic mass is 16.1. The van der Waals surface area contributed by atoms with Gasteiger partial charge in [0.25, 0.3) is 0 Å². The topological polar surface area (TPSA) is 20.3 Å². The molecule has 2 atom stereocenters. The minimum absolute atomic E-state index is 0.126. The van der Waals surface area contributed by atoms with E-state index in [0.29, 0.717) is 6.04 Å². The van der Waals surface area contributed by atoms with E-state index in [2.05, 4.69) is 32.6 Å². The van der Waals surface area contributed by atoms with Crippen molar-refractivity contribution in [2.24, 2.45) is 0 Å². The molecule has 1 fully saturated rings. The molecule has 0 N–H and O–H groups in total. The van der Waals surface area contributed by atoms with Crippen LogP contribution in [0.1, 0.15) is 40.5 Å². The van der Waals surface area contributed by atoms with Crippen LogP contribution in [0, 0.1) is 0 Å². The van der Waals surface area contributed by atoms with Gasteiger partial charge in [0, 0.05) is 11.6 Å². The van der Waals surface area contributed by atoms with Gasteiger partial charge >= 0.3 is 0 Å². The van der Waals surface area contributed by atoms with Crippen LogP contribution >= 0.6 is 0 Å². The molecule has 0 spiro atoms. The van der Waals surface area contributed by atoms with Gasteiger partial charge in [0.1, 0.15) is 6.29 Å². The maximum Gasteiger partial charge on any atom is 0.137 e. The van der Waals surface area contributed by atoms with Crippen LogP contribution in [0.5, 0.6) is 0 Å². The standard InChI is InChI=1S/C10H19NO/c1-8-5-6-9(7-12)11(8)10(2,3)4/h7-9H,5-6H2,1-4H3/t8-,9-/m0/s1. The molecule has 70 valence electrons. The van der Waals surface area contributed by atoms with Crippen LogP contribution < -0.4 is 0 Å². The average molecular weight is 169 g/mol. The van der Waals surface area contributed by atoms with E-state index in [9.17, 15) is 4.79 Å². The van der Waals surface area contributed by atoms with Gasteiger partial charge in [-0.05, 0) is 40.5 Å². The fraction of sp³-hybridized carbons (Fsp3) is 0.900. The molecule has 0 radical (unpaired) electrons. The van der Waals surface area contributed by atoms with E-state index < -0.39 is 0 Å². The molecule has 1 rings (SSSR count). The van der Waals surface area contributed by atoms with Crippen molar-refractivity contribution in [2.45, 2.75) is 58.2 Å². The normalized spacial score (nSPS) is 32.3. The molecular weight excluding hydrogens is 150 g/mol. The zero-order valence-corrected chi connectivity index (χ0v) is 8.50. The third-order valence-electron chi connectivity index (χ3n) is 2.64. The zero-order chi connectivity index (χ0) is 9.35. The summed E-state index contributed by atoms with van der Waals surface area (Å²) in [6.07, 6.45) is 3.28. The molecule has 1 saturated heterocycles. The third kappa shape index (κ3) is 1.69. The minimum Gasteiger partial charge on any atom is -0.302 e. The third-order valence-corrected chi connectivity index (χ3v) is 2.64. The molecule has 0 saturated carbocycles. The SMILES string of the molecule is C[C@H]1CC[C@@H](C=O)N1C(C)(C)C. The molecule has 1 heterocycles. The molecule has 0 unspecified atom stereocenters. The summed E-state index contributed by atoms with van der Waals surface area (Å²) in [5.41, 5.74) is 0.126. The molecule has 2 heteroatoms. The van der Waals surface area contributed by atoms with E-state index >= 15 is 0 Å². The van der Waals surface area contributed by atoms with Gasteiger partial charge in [-0.15, -0.1) is 0 Å². The Balaban J connectivity index is 2.77. The second kappa shape index (κ2) is 3.17. The number of hydrogen-bond acceptors (Lipinski definition) is 2. The Hall–Kier alpha value is -0.370. The molecule has 0 amide bonds. The molecule has 0 aliphatic carbocycles. The second-order valence-corrected chi connectivity index (χ2v) is 4.71. The first-order valence-electron chi connectivity index (χ1n) is 4.70. The second-order valence-electron chi connectivity index (χ2n) is 4.71. The summed E-state index contributed by atoms with van der Waals surface area (Å²) in [4.78, 5) is 13.1. The summed E-state index contributed by atoms with van der Waals surface area (Å²) in [5, 5.41) is 0. The van der Waals surface area contributed by atoms with E-state index in [4.69, 9.17) is 0 Å². The van der Waals surface area contributed by atoms with Gasteiger partial charge in [0.15, 0.2) is 0 Å². The smallest absolute Gasteiger partial charge is 0.137 e. The predicted molar refractivity (Wildman–Crippen MR) is 50.1 cm³/mol. The highest BCUT2D eigenvalue weighted by Crippen LogP contribution is 2.30. The predicted octanol–water partition coefficient (Wildman–Crippen LogP) is 1.84. The Morgan fingerprint density at radius 3 is 2.25 bits per heavy atom. The van der Waals surface area contributed by atoms with Crippen molar-refractivity contribution in [3.8, 4) is 0 Å². The van der Waals surface area contributed by atoms with E-state index in [0.717, 1.165) is 19.1 Å². The van der Waals surface area contributed by atoms with E-state index in [1.807, 2.05) is 0 Å². The lowest BCUT2D eigenvalue weighted by atomic mass is 10.0. The maximum atomic E-state index is 10.8. The first-order chi connectivity index (χ1) is 5.46. The van der Waals surface area contributed by atoms with Gasteiger partial charge in [-0.1, -0.05) is 0 Å². The molecule has 0 aromatic carbocycles. The Kier molecular flexibility index (Phi) is 2.57. The van der Waals surface area contributed by atoms with Crippen LogP contribution in [0.4, 0.5) is 0 Å². The molecule has 12 heavy (non-hydrogen) atoms. The van der Waals surface area contributed by atoms with Crippen LogP contribution in [0.3, 0.4) is 0 Å². The number of hydrogen-bond donors (Lipinski definition) is 0. The maximum absolute atomic E-state index is 10.8. The Labute approximate surface area is 74.9 Å². The van der Waals surface area contributed by atoms with Crippen LogP contribution in [0.25, 0.3) is 0 Å². The van der Waals surface area contributed by atoms with Gasteiger partial charge in [0.05, 0.1) is 6.04 Å². The number of nitrogens with zero attached hydrogens (tertiary/aromatic N) is 1. The quantitative estimate of drug-likeness (QED) is 0.558. The van der Waals surface area contributed by atoms with Crippen molar-refractivity contribution in [3.63, 3.8) is 0 Å². The first-order valence-corrected chi connectivity index (χ1v) is 4.70. The van der Waals surface area contributed by atoms with E-state index in [1.54, 1.807) is 0 Å². The lowest BCUT2D eigenvalue weighted by Gasteiger charge is -2.38. The van der Waals surface area contributed by atoms with E-state index in [1.165, 1.54) is 0 Å². The van der Waals surface area contributed by atoms with Crippen molar-refractivity contribution in [2.75, 3.05) is 0 Å². The van der Waals surface area contributed by atoms with Crippen LogP contribution in [0.15, 0.2) is 0 Å². The average Bonchev–Trinajstić information content (AvgIpc) is 2.29. The Bertz CT molecular complexity index is 171. The van der Waals surface area contributed by atoms with Crippen molar-refractivity contribution in [1.82, 2.24) is 4.90 Å². The van der Waals surface area contributed by atoms with Gasteiger partial charge in [-0.3, -0.25) is 4.90 Å². The van der Waals surface area contributed by atoms with Crippen molar-refractivity contribution in [1.29, 1.82) is 0 Å². The number of likely N-dealkylation sites (tertiary alicyclic amines) is 1. The van der Waals surface area contributed by atoms with Crippen LogP contribution in [-0.2, 0) is 4.79 Å². The summed E-state index contributed by atoms with van der Waals surface area (Å²) in [5.74, 6) is 0. The number of rotatable bonds is 1. The highest BCUT2D eigenvalue weighted by molar-refractivity contribution is 5.58. The molecule has 2 nitrogen and oxygen atoms in total. The van der Waals surface area contributed by atoms with Crippen molar-refractivity contribution < 1.29 is 4.79 Å². The van der Waals surface area contributed by atoms with E-state index in [-0.39, 0.29) is 11.6 Å². The number of carbonyl (C=O) groups excluding carboxylic acids is 1. The first kappa shape index (κ1) is 9.72. The van der Waals surface area contributed by atoms with Gasteiger partial charge in [0.2, 0.25) is 0 Å². The molecule has 0 aromatic rings. The summed E-state index contributed by atoms with van der Waals surface area (Å²) in [6.45, 7) is 8.72. The molecule has 0 bridgehead atoms. The summed E-state index contributed by atoms with van der Waals surface area (Å²) >= 11 is 0. The van der Waals surface area contributed by atoms with Gasteiger partial charge in [-0.2, -0.15) is 0 Å². The minimum atomic E-state index is 0.126. The summed E-state index contributed by atoms with van der Waals surface area (Å²) in [6, 6.07) is 0.709. The lowest BCUT2D eigenvalue weighted by Crippen LogP contribution is -2.48. The molecule has 1 aliphatic rings. The number of carbonyl (C=O) groups is 1. The van der Waals surface area contributed by atoms with Crippen molar-refractivity contribution >= 4 is 6.29 Å². The molecular formula is C10H19NO. The lowest BCUT2D eigenvalue weighted by molar-refractivity contribution is -0.113. The zero-order valence-electron chi connectivity index (χ0n) is 8.50. The van der Waals surface area contributed by atoms with Crippen LogP contribution in [-0.4, -0.2) is 28.8 Å². The van der Waals surface area contributed by atoms with Gasteiger partial charge < -0.3 is 4.79 Å². The fourth-order valence-electron chi connectivity index (χ4n) is 2.31. The van der Waals surface area contributed by atoms with Gasteiger partial charge in [-0.25, -0.2) is 0 Å². The van der Waals surface area contributed by atoms with Crippen LogP contribution in [0.2, 0.25) is 0 Å². The largest absolute Gasteiger partial charge is 0.302 e. The number of aldehydes is 1. The highest BCUT2D eigenvalue weighted by Gasteiger charge is 2.37.